The van der Waals surface area contributed by atoms with Gasteiger partial charge in [-0.05, 0) is 43.5 Å². The topological polar surface area (TPSA) is 75.2 Å². The van der Waals surface area contributed by atoms with Crippen LogP contribution in [0.25, 0.3) is 5.69 Å². The van der Waals surface area contributed by atoms with Crippen molar-refractivity contribution in [1.29, 1.82) is 0 Å². The summed E-state index contributed by atoms with van der Waals surface area (Å²) in [6.07, 6.45) is -5.27. The maximum Gasteiger partial charge on any atom is 0.411 e. The van der Waals surface area contributed by atoms with Gasteiger partial charge >= 0.3 is 6.18 Å². The van der Waals surface area contributed by atoms with E-state index >= 15 is 13.2 Å². The molecule has 0 saturated carbocycles. The van der Waals surface area contributed by atoms with Gasteiger partial charge < -0.3 is 0 Å². The number of allylic oxidation sites excluding steroid dienone is 1. The lowest BCUT2D eigenvalue weighted by Crippen LogP contribution is -2.55. The largest absolute Gasteiger partial charge is 0.411 e. The van der Waals surface area contributed by atoms with Gasteiger partial charge in [0.25, 0.3) is 11.5 Å². The molecule has 35 heavy (non-hydrogen) atoms. The molecule has 3 aromatic rings. The van der Waals surface area contributed by atoms with Crippen LogP contribution in [0.2, 0.25) is 0 Å². The van der Waals surface area contributed by atoms with Gasteiger partial charge in [-0.15, -0.1) is 0 Å². The lowest BCUT2D eigenvalue weighted by Gasteiger charge is -2.32. The van der Waals surface area contributed by atoms with Crippen LogP contribution in [-0.4, -0.2) is 27.6 Å². The van der Waals surface area contributed by atoms with Crippen molar-refractivity contribution in [3.63, 3.8) is 0 Å². The van der Waals surface area contributed by atoms with Gasteiger partial charge in [0.15, 0.2) is 5.78 Å². The minimum absolute atomic E-state index is 0.00790. The number of para-hydroxylation sites is 2. The van der Waals surface area contributed by atoms with Crippen molar-refractivity contribution in [2.45, 2.75) is 38.3 Å². The van der Waals surface area contributed by atoms with Crippen LogP contribution in [0.4, 0.5) is 18.9 Å². The average Bonchev–Trinajstić information content (AvgIpc) is 3.25. The summed E-state index contributed by atoms with van der Waals surface area (Å²) < 4.78 is 46.8. The van der Waals surface area contributed by atoms with Crippen LogP contribution in [0.3, 0.4) is 0 Å². The van der Waals surface area contributed by atoms with Gasteiger partial charge in [-0.3, -0.25) is 24.4 Å². The number of carbonyl (C=O) groups is 2. The highest BCUT2D eigenvalue weighted by Gasteiger charge is 2.73. The second-order valence-electron chi connectivity index (χ2n) is 9.07. The van der Waals surface area contributed by atoms with Crippen molar-refractivity contribution in [3.05, 3.63) is 93.5 Å². The number of nitrogens with one attached hydrogen (secondary N) is 1. The molecule has 1 aliphatic heterocycles. The molecule has 2 aromatic carbocycles. The molecule has 0 fully saturated rings. The first-order valence-electron chi connectivity index (χ1n) is 11.2. The number of rotatable bonds is 3. The van der Waals surface area contributed by atoms with E-state index in [0.29, 0.717) is 5.69 Å². The summed E-state index contributed by atoms with van der Waals surface area (Å²) in [7, 11) is 0. The molecule has 1 aromatic heterocycles. The van der Waals surface area contributed by atoms with E-state index in [2.05, 4.69) is 5.10 Å². The number of Topliss-reactive ketones (excluding diaryl/α,β-unsaturated/α-hetero) is 1. The Bertz CT molecular complexity index is 1420. The lowest BCUT2D eigenvalue weighted by atomic mass is 9.69. The summed E-state index contributed by atoms with van der Waals surface area (Å²) in [6.45, 7) is 3.07. The summed E-state index contributed by atoms with van der Waals surface area (Å²) in [5, 5.41) is 2.70. The third kappa shape index (κ3) is 3.14. The van der Waals surface area contributed by atoms with Crippen LogP contribution in [-0.2, 0) is 15.0 Å². The molecule has 0 bridgehead atoms. The molecule has 0 saturated heterocycles. The van der Waals surface area contributed by atoms with E-state index in [1.54, 1.807) is 55.5 Å². The molecule has 1 aliphatic carbocycles. The molecule has 9 heteroatoms. The van der Waals surface area contributed by atoms with E-state index in [9.17, 15) is 14.4 Å². The maximum absolute atomic E-state index is 15.3. The molecule has 1 N–H and O–H groups in total. The summed E-state index contributed by atoms with van der Waals surface area (Å²) in [5.41, 5.74) is -5.43. The van der Waals surface area contributed by atoms with E-state index < -0.39 is 40.0 Å². The summed E-state index contributed by atoms with van der Waals surface area (Å²) in [6, 6.07) is 16.0. The molecule has 2 aliphatic rings. The molecular formula is C26H22F3N3O3. The van der Waals surface area contributed by atoms with Crippen LogP contribution >= 0.6 is 0 Å². The van der Waals surface area contributed by atoms with Crippen molar-refractivity contribution < 1.29 is 22.8 Å². The normalized spacial score (nSPS) is 22.7. The highest BCUT2D eigenvalue weighted by molar-refractivity contribution is 6.19. The first-order valence-corrected chi connectivity index (χ1v) is 11.2. The van der Waals surface area contributed by atoms with Crippen molar-refractivity contribution >= 4 is 17.4 Å². The highest BCUT2D eigenvalue weighted by Crippen LogP contribution is 2.56. The number of aromatic amines is 1. The molecule has 1 amide bonds. The Morgan fingerprint density at radius 1 is 0.914 bits per heavy atom. The predicted octanol–water partition coefficient (Wildman–Crippen LogP) is 4.57. The fraction of sp³-hybridized carbons (Fsp3) is 0.269. The number of H-pyrrole nitrogens is 1. The summed E-state index contributed by atoms with van der Waals surface area (Å²) >= 11 is 0. The Balaban J connectivity index is 1.87. The van der Waals surface area contributed by atoms with Gasteiger partial charge in [0, 0.05) is 29.1 Å². The molecule has 180 valence electrons. The number of anilines is 1. The van der Waals surface area contributed by atoms with E-state index in [-0.39, 0.29) is 35.8 Å². The molecule has 2 heterocycles. The van der Waals surface area contributed by atoms with Crippen molar-refractivity contribution in [2.24, 2.45) is 5.92 Å². The van der Waals surface area contributed by atoms with E-state index in [4.69, 9.17) is 0 Å². The average molecular weight is 481 g/mol. The zero-order valence-corrected chi connectivity index (χ0v) is 19.0. The molecule has 6 nitrogen and oxygen atoms in total. The number of amides is 1. The Morgan fingerprint density at radius 3 is 2.06 bits per heavy atom. The monoisotopic (exact) mass is 481 g/mol. The molecule has 0 radical (unpaired) electrons. The van der Waals surface area contributed by atoms with Gasteiger partial charge in [-0.25, -0.2) is 4.68 Å². The van der Waals surface area contributed by atoms with Crippen LogP contribution in [0.1, 0.15) is 31.0 Å². The highest BCUT2D eigenvalue weighted by atomic mass is 19.4. The second-order valence-corrected chi connectivity index (χ2v) is 9.07. The standard InChI is InChI=1S/C26H22F3N3O3/c1-15-13-19-22(20(33)14-15)25(26(27,28)29,24(35)31(19)17-9-5-3-6-10-17)21-16(2)30-32(23(21)34)18-11-7-4-8-12-18/h3-12,15,30H,13-14H2,1-2H3. The van der Waals surface area contributed by atoms with Crippen LogP contribution in [0.15, 0.2) is 76.7 Å². The van der Waals surface area contributed by atoms with Gasteiger partial charge in [0.2, 0.25) is 5.41 Å². The van der Waals surface area contributed by atoms with E-state index in [1.807, 2.05) is 0 Å². The SMILES string of the molecule is Cc1[nH]n(-c2ccccc2)c(=O)c1C1(C(F)(F)F)C(=O)N(c2ccccc2)C2=C1C(=O)CC(C)C2. The van der Waals surface area contributed by atoms with Crippen molar-refractivity contribution in [3.8, 4) is 5.69 Å². The Morgan fingerprint density at radius 2 is 1.49 bits per heavy atom. The Kier molecular flexibility index (Phi) is 5.12. The quantitative estimate of drug-likeness (QED) is 0.596. The van der Waals surface area contributed by atoms with Gasteiger partial charge in [-0.1, -0.05) is 43.3 Å². The lowest BCUT2D eigenvalue weighted by molar-refractivity contribution is -0.184. The Labute approximate surface area is 198 Å². The zero-order valence-electron chi connectivity index (χ0n) is 19.0. The number of alkyl halides is 3. The number of halogens is 3. The third-order valence-electron chi connectivity index (χ3n) is 6.71. The molecular weight excluding hydrogens is 459 g/mol. The van der Waals surface area contributed by atoms with Gasteiger partial charge in [0.1, 0.15) is 0 Å². The summed E-state index contributed by atoms with van der Waals surface area (Å²) in [5.74, 6) is -2.38. The van der Waals surface area contributed by atoms with E-state index in [1.165, 1.54) is 19.1 Å². The second kappa shape index (κ2) is 7.83. The van der Waals surface area contributed by atoms with E-state index in [0.717, 1.165) is 9.58 Å². The number of aromatic nitrogens is 2. The molecule has 2 atom stereocenters. The fourth-order valence-electron chi connectivity index (χ4n) is 5.34. The molecule has 5 rings (SSSR count). The molecule has 0 spiro atoms. The number of ketones is 1. The molecule has 2 unspecified atom stereocenters. The first kappa shape index (κ1) is 22.9. The smallest absolute Gasteiger partial charge is 0.295 e. The van der Waals surface area contributed by atoms with Crippen molar-refractivity contribution in [1.82, 2.24) is 9.78 Å². The maximum atomic E-state index is 15.3. The number of nitrogens with zero attached hydrogens (tertiary/aromatic N) is 2. The number of aryl methyl sites for hydroxylation is 1. The van der Waals surface area contributed by atoms with Crippen LogP contribution in [0.5, 0.6) is 0 Å². The minimum atomic E-state index is -5.24. The van der Waals surface area contributed by atoms with Gasteiger partial charge in [0.05, 0.1) is 11.3 Å². The number of hydrogen-bond donors (Lipinski definition) is 1. The number of carbonyl (C=O) groups excluding carboxylic acids is 2. The Hall–Kier alpha value is -3.88. The zero-order chi connectivity index (χ0) is 25.1. The third-order valence-corrected chi connectivity index (χ3v) is 6.71. The fourth-order valence-corrected chi connectivity index (χ4v) is 5.34. The summed E-state index contributed by atoms with van der Waals surface area (Å²) in [4.78, 5) is 41.9. The first-order chi connectivity index (χ1) is 16.6. The predicted molar refractivity (Wildman–Crippen MR) is 123 cm³/mol. The minimum Gasteiger partial charge on any atom is -0.295 e. The number of benzene rings is 2. The number of hydrogen-bond acceptors (Lipinski definition) is 3. The van der Waals surface area contributed by atoms with Gasteiger partial charge in [-0.2, -0.15) is 13.2 Å². The van der Waals surface area contributed by atoms with Crippen LogP contribution < -0.4 is 10.5 Å². The van der Waals surface area contributed by atoms with Crippen LogP contribution in [0, 0.1) is 12.8 Å². The van der Waals surface area contributed by atoms with Crippen molar-refractivity contribution in [2.75, 3.05) is 4.90 Å².